The summed E-state index contributed by atoms with van der Waals surface area (Å²) in [6.45, 7) is 4.27. The number of nitrogens with zero attached hydrogens (tertiary/aromatic N) is 2. The molecule has 0 bridgehead atoms. The molecule has 2 aromatic rings. The van der Waals surface area contributed by atoms with E-state index in [-0.39, 0.29) is 5.54 Å². The van der Waals surface area contributed by atoms with Crippen molar-refractivity contribution in [1.82, 2.24) is 5.43 Å². The summed E-state index contributed by atoms with van der Waals surface area (Å²) < 4.78 is 5.15. The third kappa shape index (κ3) is 3.59. The van der Waals surface area contributed by atoms with Crippen molar-refractivity contribution in [2.24, 2.45) is 10.1 Å². The number of hydrazone groups is 1. The highest BCUT2D eigenvalue weighted by Gasteiger charge is 2.26. The lowest BCUT2D eigenvalue weighted by molar-refractivity contribution is 0.415. The van der Waals surface area contributed by atoms with Gasteiger partial charge >= 0.3 is 0 Å². The Morgan fingerprint density at radius 2 is 1.87 bits per heavy atom. The number of rotatable bonds is 3. The van der Waals surface area contributed by atoms with Crippen LogP contribution in [0, 0.1) is 0 Å². The van der Waals surface area contributed by atoms with Crippen molar-refractivity contribution in [2.75, 3.05) is 7.11 Å². The van der Waals surface area contributed by atoms with Crippen molar-refractivity contribution in [3.05, 3.63) is 65.2 Å². The molecule has 0 atom stereocenters. The Hall–Kier alpha value is -2.62. The van der Waals surface area contributed by atoms with Gasteiger partial charge in [-0.3, -0.25) is 10.4 Å². The molecule has 1 heterocycles. The van der Waals surface area contributed by atoms with Crippen molar-refractivity contribution < 1.29 is 4.74 Å². The quantitative estimate of drug-likeness (QED) is 0.698. The van der Waals surface area contributed by atoms with Gasteiger partial charge in [0.15, 0.2) is 0 Å². The van der Waals surface area contributed by atoms with E-state index >= 15 is 0 Å². The number of nitrogens with one attached hydrogen (secondary N) is 1. The molecule has 0 fully saturated rings. The zero-order valence-electron chi connectivity index (χ0n) is 13.7. The molecule has 0 saturated carbocycles. The molecule has 0 amide bonds. The maximum Gasteiger partial charge on any atom is 0.149 e. The normalized spacial score (nSPS) is 15.9. The van der Waals surface area contributed by atoms with Gasteiger partial charge in [0.1, 0.15) is 11.6 Å². The molecule has 0 aliphatic carbocycles. The molecule has 0 unspecified atom stereocenters. The van der Waals surface area contributed by atoms with Crippen molar-refractivity contribution in [3.8, 4) is 5.75 Å². The van der Waals surface area contributed by atoms with E-state index in [9.17, 15) is 0 Å². The van der Waals surface area contributed by atoms with Crippen LogP contribution in [0.3, 0.4) is 0 Å². The number of amidine groups is 1. The second-order valence-electron chi connectivity index (χ2n) is 6.25. The first-order valence-electron chi connectivity index (χ1n) is 7.69. The van der Waals surface area contributed by atoms with Crippen LogP contribution in [0.1, 0.15) is 30.5 Å². The molecule has 2 aromatic carbocycles. The first-order chi connectivity index (χ1) is 11.1. The third-order valence-electron chi connectivity index (χ3n) is 3.81. The summed E-state index contributed by atoms with van der Waals surface area (Å²) in [5.74, 6) is 1.66. The highest BCUT2D eigenvalue weighted by Crippen LogP contribution is 2.25. The van der Waals surface area contributed by atoms with E-state index in [1.165, 1.54) is 5.56 Å². The second-order valence-corrected chi connectivity index (χ2v) is 6.25. The number of aliphatic imine (C=N–C) groups is 1. The van der Waals surface area contributed by atoms with Crippen molar-refractivity contribution in [3.63, 3.8) is 0 Å². The van der Waals surface area contributed by atoms with Gasteiger partial charge in [-0.1, -0.05) is 24.3 Å². The number of hydrogen-bond acceptors (Lipinski definition) is 4. The largest absolute Gasteiger partial charge is 0.497 e. The minimum Gasteiger partial charge on any atom is -0.497 e. The highest BCUT2D eigenvalue weighted by atomic mass is 16.5. The SMILES string of the molecule is COc1ccc(/C=N/NC2=NC(C)(C)Cc3ccccc32)cc1. The smallest absolute Gasteiger partial charge is 0.149 e. The zero-order valence-corrected chi connectivity index (χ0v) is 13.7. The molecule has 0 saturated heterocycles. The predicted octanol–water partition coefficient (Wildman–Crippen LogP) is 3.40. The molecule has 3 rings (SSSR count). The zero-order chi connectivity index (χ0) is 16.3. The van der Waals surface area contributed by atoms with E-state index in [0.717, 1.165) is 29.1 Å². The van der Waals surface area contributed by atoms with Gasteiger partial charge in [-0.25, -0.2) is 0 Å². The number of benzene rings is 2. The fourth-order valence-corrected chi connectivity index (χ4v) is 2.72. The lowest BCUT2D eigenvalue weighted by atomic mass is 9.89. The van der Waals surface area contributed by atoms with Gasteiger partial charge in [-0.15, -0.1) is 0 Å². The molecule has 23 heavy (non-hydrogen) atoms. The number of ether oxygens (including phenoxy) is 1. The van der Waals surface area contributed by atoms with Crippen molar-refractivity contribution in [1.29, 1.82) is 0 Å². The predicted molar refractivity (Wildman–Crippen MR) is 94.5 cm³/mol. The van der Waals surface area contributed by atoms with E-state index in [0.29, 0.717) is 0 Å². The van der Waals surface area contributed by atoms with Crippen molar-refractivity contribution in [2.45, 2.75) is 25.8 Å². The van der Waals surface area contributed by atoms with Gasteiger partial charge < -0.3 is 4.74 Å². The van der Waals surface area contributed by atoms with Crippen LogP contribution in [-0.4, -0.2) is 24.7 Å². The number of fused-ring (bicyclic) bond motifs is 1. The number of methoxy groups -OCH3 is 1. The average molecular weight is 307 g/mol. The lowest BCUT2D eigenvalue weighted by Gasteiger charge is -2.28. The maximum absolute atomic E-state index is 5.15. The molecule has 4 nitrogen and oxygen atoms in total. The molecule has 0 spiro atoms. The van der Waals surface area contributed by atoms with Gasteiger partial charge in [0.05, 0.1) is 18.9 Å². The molecule has 1 aliphatic rings. The Morgan fingerprint density at radius 3 is 2.61 bits per heavy atom. The summed E-state index contributed by atoms with van der Waals surface area (Å²) in [4.78, 5) is 4.79. The van der Waals surface area contributed by atoms with E-state index in [1.807, 2.05) is 30.3 Å². The minimum absolute atomic E-state index is 0.119. The van der Waals surface area contributed by atoms with Crippen LogP contribution >= 0.6 is 0 Å². The Morgan fingerprint density at radius 1 is 1.13 bits per heavy atom. The van der Waals surface area contributed by atoms with E-state index in [2.05, 4.69) is 42.6 Å². The minimum atomic E-state index is -0.119. The molecule has 4 heteroatoms. The van der Waals surface area contributed by atoms with E-state index in [1.54, 1.807) is 13.3 Å². The molecule has 0 radical (unpaired) electrons. The Labute approximate surface area is 136 Å². The summed E-state index contributed by atoms with van der Waals surface area (Å²) in [5, 5.41) is 4.34. The maximum atomic E-state index is 5.15. The van der Waals surface area contributed by atoms with Crippen LogP contribution < -0.4 is 10.2 Å². The summed E-state index contributed by atoms with van der Waals surface area (Å²) in [6.07, 6.45) is 2.72. The van der Waals surface area contributed by atoms with Gasteiger partial charge in [0.2, 0.25) is 0 Å². The van der Waals surface area contributed by atoms with Gasteiger partial charge in [-0.2, -0.15) is 5.10 Å². The molecule has 1 aliphatic heterocycles. The summed E-state index contributed by atoms with van der Waals surface area (Å²) in [5.41, 5.74) is 6.41. The lowest BCUT2D eigenvalue weighted by Crippen LogP contribution is -2.34. The number of hydrogen-bond donors (Lipinski definition) is 1. The average Bonchev–Trinajstić information content (AvgIpc) is 2.54. The van der Waals surface area contributed by atoms with Crippen LogP contribution in [-0.2, 0) is 6.42 Å². The summed E-state index contributed by atoms with van der Waals surface area (Å²) in [6, 6.07) is 16.1. The molecule has 118 valence electrons. The topological polar surface area (TPSA) is 46.0 Å². The first kappa shape index (κ1) is 15.3. The van der Waals surface area contributed by atoms with Gasteiger partial charge in [-0.05, 0) is 55.7 Å². The Bertz CT molecular complexity index is 745. The summed E-state index contributed by atoms with van der Waals surface area (Å²) >= 11 is 0. The second kappa shape index (κ2) is 6.24. The molecule has 1 N–H and O–H groups in total. The molecule has 0 aromatic heterocycles. The van der Waals surface area contributed by atoms with Crippen molar-refractivity contribution >= 4 is 12.1 Å². The summed E-state index contributed by atoms with van der Waals surface area (Å²) in [7, 11) is 1.66. The van der Waals surface area contributed by atoms with Gasteiger partial charge in [0, 0.05) is 5.56 Å². The van der Waals surface area contributed by atoms with Crippen LogP contribution in [0.15, 0.2) is 58.6 Å². The van der Waals surface area contributed by atoms with Gasteiger partial charge in [0.25, 0.3) is 0 Å². The third-order valence-corrected chi connectivity index (χ3v) is 3.81. The van der Waals surface area contributed by atoms with Crippen LogP contribution in [0.25, 0.3) is 0 Å². The fraction of sp³-hybridized carbons (Fsp3) is 0.263. The first-order valence-corrected chi connectivity index (χ1v) is 7.69. The van der Waals surface area contributed by atoms with Crippen LogP contribution in [0.4, 0.5) is 0 Å². The Kier molecular flexibility index (Phi) is 4.15. The van der Waals surface area contributed by atoms with E-state index in [4.69, 9.17) is 9.73 Å². The van der Waals surface area contributed by atoms with Crippen LogP contribution in [0.5, 0.6) is 5.75 Å². The van der Waals surface area contributed by atoms with E-state index < -0.39 is 0 Å². The standard InChI is InChI=1S/C19H21N3O/c1-19(2)12-15-6-4-5-7-17(15)18(21-19)22-20-13-14-8-10-16(23-3)11-9-14/h4-11,13H,12H2,1-3H3,(H,21,22)/b20-13+. The fourth-order valence-electron chi connectivity index (χ4n) is 2.72. The van der Waals surface area contributed by atoms with Crippen LogP contribution in [0.2, 0.25) is 0 Å². The molecular formula is C19H21N3O. The highest BCUT2D eigenvalue weighted by molar-refractivity contribution is 6.01. The monoisotopic (exact) mass is 307 g/mol. The Balaban J connectivity index is 1.78. The molecular weight excluding hydrogens is 286 g/mol.